The summed E-state index contributed by atoms with van der Waals surface area (Å²) in [6.07, 6.45) is 2.07. The molecule has 25 heavy (non-hydrogen) atoms. The van der Waals surface area contributed by atoms with Crippen molar-refractivity contribution in [1.29, 1.82) is 5.26 Å². The van der Waals surface area contributed by atoms with E-state index < -0.39 is 0 Å². The Hall–Kier alpha value is -2.29. The third-order valence-corrected chi connectivity index (χ3v) is 5.27. The van der Waals surface area contributed by atoms with Crippen LogP contribution >= 0.6 is 11.8 Å². The number of rotatable bonds is 4. The van der Waals surface area contributed by atoms with Gasteiger partial charge in [0.05, 0.1) is 17.8 Å². The molecular weight excluding hydrogens is 330 g/mol. The van der Waals surface area contributed by atoms with Gasteiger partial charge in [0.15, 0.2) is 0 Å². The normalized spacial score (nSPS) is 18.2. The van der Waals surface area contributed by atoms with E-state index in [0.717, 1.165) is 6.54 Å². The molecule has 2 aromatic carbocycles. The van der Waals surface area contributed by atoms with E-state index in [-0.39, 0.29) is 11.9 Å². The number of para-hydroxylation sites is 1. The molecule has 1 heterocycles. The smallest absolute Gasteiger partial charge is 0.241 e. The fourth-order valence-corrected chi connectivity index (χ4v) is 3.63. The zero-order chi connectivity index (χ0) is 17.8. The summed E-state index contributed by atoms with van der Waals surface area (Å²) in [5, 5.41) is 9.30. The molecule has 2 aromatic rings. The van der Waals surface area contributed by atoms with Crippen molar-refractivity contribution in [2.75, 3.05) is 24.2 Å². The summed E-state index contributed by atoms with van der Waals surface area (Å²) in [6.45, 7) is 3.85. The van der Waals surface area contributed by atoms with Crippen LogP contribution in [0.25, 0.3) is 0 Å². The molecular formula is C20H21N3OS. The Bertz CT molecular complexity index is 815. The maximum absolute atomic E-state index is 12.7. The molecule has 5 heteroatoms. The van der Waals surface area contributed by atoms with Crippen molar-refractivity contribution in [3.63, 3.8) is 0 Å². The molecule has 0 aromatic heterocycles. The third-order valence-electron chi connectivity index (χ3n) is 4.54. The van der Waals surface area contributed by atoms with Crippen LogP contribution in [0, 0.1) is 11.3 Å². The second-order valence-corrected chi connectivity index (χ2v) is 7.12. The fourth-order valence-electron chi connectivity index (χ4n) is 3.15. The lowest BCUT2D eigenvalue weighted by Gasteiger charge is -2.39. The second-order valence-electron chi connectivity index (χ2n) is 6.24. The zero-order valence-electron chi connectivity index (χ0n) is 14.5. The monoisotopic (exact) mass is 351 g/mol. The van der Waals surface area contributed by atoms with Gasteiger partial charge in [-0.25, -0.2) is 0 Å². The number of thioether (sulfide) groups is 1. The van der Waals surface area contributed by atoms with E-state index in [1.807, 2.05) is 18.2 Å². The fraction of sp³-hybridized carbons (Fsp3) is 0.300. The number of anilines is 1. The van der Waals surface area contributed by atoms with Gasteiger partial charge >= 0.3 is 0 Å². The highest BCUT2D eigenvalue weighted by atomic mass is 32.2. The molecule has 0 unspecified atom stereocenters. The summed E-state index contributed by atoms with van der Waals surface area (Å²) < 4.78 is 0. The highest BCUT2D eigenvalue weighted by Gasteiger charge is 2.31. The standard InChI is InChI=1S/C20H21N3OS/c1-15-12-23(19-9-4-3-7-17(19)11-21)20(24)14-22(15)13-16-6-5-8-18(10-16)25-2/h3-10,15H,12-14H2,1-2H3/t15-/m1/s1. The van der Waals surface area contributed by atoms with Crippen LogP contribution in [0.4, 0.5) is 5.69 Å². The van der Waals surface area contributed by atoms with Gasteiger partial charge in [-0.3, -0.25) is 9.69 Å². The van der Waals surface area contributed by atoms with Gasteiger partial charge < -0.3 is 4.90 Å². The minimum Gasteiger partial charge on any atom is -0.308 e. The number of benzene rings is 2. The minimum absolute atomic E-state index is 0.0434. The first-order chi connectivity index (χ1) is 12.1. The van der Waals surface area contributed by atoms with Crippen molar-refractivity contribution in [1.82, 2.24) is 4.90 Å². The Kier molecular flexibility index (Phi) is 5.42. The van der Waals surface area contributed by atoms with Crippen LogP contribution in [-0.4, -0.2) is 36.2 Å². The predicted octanol–water partition coefficient (Wildman–Crippen LogP) is 3.52. The van der Waals surface area contributed by atoms with Crippen LogP contribution in [0.5, 0.6) is 0 Å². The van der Waals surface area contributed by atoms with Gasteiger partial charge in [-0.05, 0) is 43.0 Å². The Balaban J connectivity index is 1.76. The first-order valence-corrected chi connectivity index (χ1v) is 9.51. The molecule has 0 spiro atoms. The van der Waals surface area contributed by atoms with Crippen LogP contribution in [0.3, 0.4) is 0 Å². The van der Waals surface area contributed by atoms with E-state index in [9.17, 15) is 10.1 Å². The van der Waals surface area contributed by atoms with E-state index >= 15 is 0 Å². The number of amides is 1. The zero-order valence-corrected chi connectivity index (χ0v) is 15.3. The number of carbonyl (C=O) groups excluding carboxylic acids is 1. The van der Waals surface area contributed by atoms with E-state index in [1.54, 1.807) is 22.7 Å². The molecule has 1 aliphatic rings. The average molecular weight is 351 g/mol. The maximum Gasteiger partial charge on any atom is 0.241 e. The number of hydrogen-bond acceptors (Lipinski definition) is 4. The summed E-state index contributed by atoms with van der Waals surface area (Å²) in [5.74, 6) is 0.0434. The van der Waals surface area contributed by atoms with Crippen LogP contribution in [0.1, 0.15) is 18.1 Å². The van der Waals surface area contributed by atoms with Crippen molar-refractivity contribution < 1.29 is 4.79 Å². The minimum atomic E-state index is 0.0434. The molecule has 0 radical (unpaired) electrons. The van der Waals surface area contributed by atoms with Gasteiger partial charge in [0, 0.05) is 24.0 Å². The summed E-state index contributed by atoms with van der Waals surface area (Å²) in [4.78, 5) is 17.9. The maximum atomic E-state index is 12.7. The molecule has 3 rings (SSSR count). The molecule has 1 amide bonds. The molecule has 1 atom stereocenters. The van der Waals surface area contributed by atoms with E-state index in [4.69, 9.17) is 0 Å². The van der Waals surface area contributed by atoms with Gasteiger partial charge in [0.25, 0.3) is 0 Å². The highest BCUT2D eigenvalue weighted by molar-refractivity contribution is 7.98. The Morgan fingerprint density at radius 1 is 1.24 bits per heavy atom. The summed E-state index contributed by atoms with van der Waals surface area (Å²) in [7, 11) is 0. The van der Waals surface area contributed by atoms with E-state index in [0.29, 0.717) is 24.3 Å². The largest absolute Gasteiger partial charge is 0.308 e. The highest BCUT2D eigenvalue weighted by Crippen LogP contribution is 2.25. The summed E-state index contributed by atoms with van der Waals surface area (Å²) in [6, 6.07) is 18.2. The van der Waals surface area contributed by atoms with E-state index in [2.05, 4.69) is 48.4 Å². The SMILES string of the molecule is CSc1cccc(CN2CC(=O)N(c3ccccc3C#N)C[C@H]2C)c1. The molecule has 128 valence electrons. The first-order valence-electron chi connectivity index (χ1n) is 8.29. The molecule has 4 nitrogen and oxygen atoms in total. The lowest BCUT2D eigenvalue weighted by Crippen LogP contribution is -2.55. The first kappa shape index (κ1) is 17.5. The molecule has 1 fully saturated rings. The Morgan fingerprint density at radius 3 is 2.80 bits per heavy atom. The summed E-state index contributed by atoms with van der Waals surface area (Å²) in [5.41, 5.74) is 2.48. The van der Waals surface area contributed by atoms with Crippen LogP contribution in [0.2, 0.25) is 0 Å². The van der Waals surface area contributed by atoms with Gasteiger partial charge in [-0.15, -0.1) is 11.8 Å². The van der Waals surface area contributed by atoms with Gasteiger partial charge in [0.1, 0.15) is 6.07 Å². The molecule has 0 aliphatic carbocycles. The van der Waals surface area contributed by atoms with Crippen molar-refractivity contribution >= 4 is 23.4 Å². The number of hydrogen-bond donors (Lipinski definition) is 0. The molecule has 1 aliphatic heterocycles. The van der Waals surface area contributed by atoms with Crippen molar-refractivity contribution in [3.8, 4) is 6.07 Å². The van der Waals surface area contributed by atoms with Crippen molar-refractivity contribution in [2.24, 2.45) is 0 Å². The number of nitriles is 1. The van der Waals surface area contributed by atoms with Crippen molar-refractivity contribution in [2.45, 2.75) is 24.4 Å². The molecule has 0 bridgehead atoms. The molecule has 1 saturated heterocycles. The number of nitrogens with zero attached hydrogens (tertiary/aromatic N) is 3. The molecule has 0 saturated carbocycles. The lowest BCUT2D eigenvalue weighted by atomic mass is 10.1. The van der Waals surface area contributed by atoms with Gasteiger partial charge in [-0.2, -0.15) is 5.26 Å². The van der Waals surface area contributed by atoms with E-state index in [1.165, 1.54) is 10.5 Å². The third kappa shape index (κ3) is 3.87. The second kappa shape index (κ2) is 7.73. The predicted molar refractivity (Wildman–Crippen MR) is 102 cm³/mol. The van der Waals surface area contributed by atoms with Crippen LogP contribution < -0.4 is 4.90 Å². The summed E-state index contributed by atoms with van der Waals surface area (Å²) >= 11 is 1.72. The quantitative estimate of drug-likeness (QED) is 0.791. The average Bonchev–Trinajstić information content (AvgIpc) is 2.64. The molecule has 0 N–H and O–H groups in total. The number of carbonyl (C=O) groups is 1. The van der Waals surface area contributed by atoms with Crippen LogP contribution in [-0.2, 0) is 11.3 Å². The van der Waals surface area contributed by atoms with Crippen LogP contribution in [0.15, 0.2) is 53.4 Å². The Labute approximate surface area is 153 Å². The van der Waals surface area contributed by atoms with Crippen molar-refractivity contribution in [3.05, 3.63) is 59.7 Å². The van der Waals surface area contributed by atoms with Gasteiger partial charge in [0.2, 0.25) is 5.91 Å². The Morgan fingerprint density at radius 2 is 2.04 bits per heavy atom. The number of piperazine rings is 1. The lowest BCUT2D eigenvalue weighted by molar-refractivity contribution is -0.122. The van der Waals surface area contributed by atoms with Gasteiger partial charge in [-0.1, -0.05) is 24.3 Å². The topological polar surface area (TPSA) is 47.3 Å².